The van der Waals surface area contributed by atoms with Crippen molar-refractivity contribution in [3.63, 3.8) is 0 Å². The molecule has 182 valence electrons. The van der Waals surface area contributed by atoms with Gasteiger partial charge in [-0.3, -0.25) is 4.79 Å². The first-order chi connectivity index (χ1) is 16.3. The summed E-state index contributed by atoms with van der Waals surface area (Å²) >= 11 is 7.52. The highest BCUT2D eigenvalue weighted by Gasteiger charge is 2.33. The first-order valence-electron chi connectivity index (χ1n) is 10.8. The van der Waals surface area contributed by atoms with Crippen LogP contribution in [0.3, 0.4) is 0 Å². The number of benzene rings is 2. The van der Waals surface area contributed by atoms with E-state index in [-0.39, 0.29) is 17.3 Å². The highest BCUT2D eigenvalue weighted by Crippen LogP contribution is 2.26. The van der Waals surface area contributed by atoms with Crippen molar-refractivity contribution in [3.05, 3.63) is 52.3 Å². The van der Waals surface area contributed by atoms with E-state index in [9.17, 15) is 13.2 Å². The van der Waals surface area contributed by atoms with Crippen LogP contribution in [0.15, 0.2) is 52.4 Å². The molecule has 2 heterocycles. The van der Waals surface area contributed by atoms with Crippen LogP contribution in [0.25, 0.3) is 10.2 Å². The molecule has 1 atom stereocenters. The number of nitrogens with zero attached hydrogens (tertiary/aromatic N) is 3. The molecule has 1 amide bonds. The summed E-state index contributed by atoms with van der Waals surface area (Å²) in [6.07, 6.45) is 1.18. The molecule has 0 spiro atoms. The average molecular weight is 524 g/mol. The zero-order valence-corrected chi connectivity index (χ0v) is 21.3. The van der Waals surface area contributed by atoms with Gasteiger partial charge in [0.05, 0.1) is 34.7 Å². The summed E-state index contributed by atoms with van der Waals surface area (Å²) in [7, 11) is -0.577. The van der Waals surface area contributed by atoms with Crippen LogP contribution in [-0.4, -0.2) is 57.1 Å². The van der Waals surface area contributed by atoms with E-state index in [0.29, 0.717) is 48.1 Å². The number of halogens is 1. The highest BCUT2D eigenvalue weighted by molar-refractivity contribution is 7.89. The van der Waals surface area contributed by atoms with Crippen LogP contribution in [0.2, 0.25) is 5.02 Å². The average Bonchev–Trinajstić information content (AvgIpc) is 3.18. The topological polar surface area (TPSA) is 90.2 Å². The minimum absolute atomic E-state index is 0.103. The number of thiazole rings is 1. The number of piperidine rings is 1. The molecule has 2 aromatic carbocycles. The smallest absolute Gasteiger partial charge is 0.252 e. The number of carbonyl (C=O) groups is 1. The van der Waals surface area contributed by atoms with E-state index in [2.05, 4.69) is 4.99 Å². The predicted octanol–water partition coefficient (Wildman–Crippen LogP) is 3.54. The Morgan fingerprint density at radius 1 is 1.21 bits per heavy atom. The summed E-state index contributed by atoms with van der Waals surface area (Å²) in [6, 6.07) is 11.8. The van der Waals surface area contributed by atoms with Crippen molar-refractivity contribution in [2.45, 2.75) is 24.3 Å². The third-order valence-corrected chi connectivity index (χ3v) is 8.96. The quantitative estimate of drug-likeness (QED) is 0.472. The molecule has 0 bridgehead atoms. The SMILES string of the molecule is COCCn1c(=NC(=O)C2CCCN(S(=O)(=O)c3ccc(OC)cc3)C2)sc2cc(Cl)ccc21. The van der Waals surface area contributed by atoms with E-state index in [1.807, 2.05) is 16.7 Å². The maximum Gasteiger partial charge on any atom is 0.252 e. The molecular formula is C23H26ClN3O5S2. The lowest BCUT2D eigenvalue weighted by Crippen LogP contribution is -2.42. The Bertz CT molecular complexity index is 1350. The third-order valence-electron chi connectivity index (χ3n) is 5.80. The van der Waals surface area contributed by atoms with Gasteiger partial charge in [0.15, 0.2) is 4.80 Å². The second kappa shape index (κ2) is 10.6. The summed E-state index contributed by atoms with van der Waals surface area (Å²) in [4.78, 5) is 18.3. The van der Waals surface area contributed by atoms with Crippen LogP contribution in [0.5, 0.6) is 5.75 Å². The number of rotatable bonds is 7. The van der Waals surface area contributed by atoms with E-state index in [4.69, 9.17) is 21.1 Å². The normalized spacial score (nSPS) is 17.9. The molecule has 4 rings (SSSR count). The van der Waals surface area contributed by atoms with Crippen LogP contribution in [-0.2, 0) is 26.1 Å². The van der Waals surface area contributed by atoms with Crippen molar-refractivity contribution in [1.29, 1.82) is 0 Å². The van der Waals surface area contributed by atoms with Crippen LogP contribution in [0, 0.1) is 5.92 Å². The summed E-state index contributed by atoms with van der Waals surface area (Å²) in [5.74, 6) is -0.249. The Kier molecular flexibility index (Phi) is 7.73. The lowest BCUT2D eigenvalue weighted by molar-refractivity contribution is -0.122. The second-order valence-electron chi connectivity index (χ2n) is 7.97. The molecule has 8 nitrogen and oxygen atoms in total. The maximum atomic E-state index is 13.2. The molecule has 34 heavy (non-hydrogen) atoms. The molecule has 1 fully saturated rings. The van der Waals surface area contributed by atoms with Crippen LogP contribution in [0.1, 0.15) is 12.8 Å². The Balaban J connectivity index is 1.60. The van der Waals surface area contributed by atoms with Gasteiger partial charge >= 0.3 is 0 Å². The number of sulfonamides is 1. The molecule has 0 saturated carbocycles. The maximum absolute atomic E-state index is 13.2. The van der Waals surface area contributed by atoms with Crippen molar-refractivity contribution >= 4 is 49.1 Å². The fraction of sp³-hybridized carbons (Fsp3) is 0.391. The second-order valence-corrected chi connectivity index (χ2v) is 11.4. The molecule has 0 radical (unpaired) electrons. The number of hydrogen-bond acceptors (Lipinski definition) is 6. The van der Waals surface area contributed by atoms with Gasteiger partial charge in [0.2, 0.25) is 10.0 Å². The molecule has 1 aliphatic rings. The Morgan fingerprint density at radius 3 is 2.68 bits per heavy atom. The van der Waals surface area contributed by atoms with E-state index < -0.39 is 15.9 Å². The first kappa shape index (κ1) is 24.9. The number of aromatic nitrogens is 1. The molecule has 0 N–H and O–H groups in total. The standard InChI is InChI=1S/C23H26ClN3O5S2/c1-31-13-12-27-20-10-5-17(24)14-21(20)33-23(27)25-22(28)16-4-3-11-26(15-16)34(29,30)19-8-6-18(32-2)7-9-19/h5-10,14,16H,3-4,11-13,15H2,1-2H3. The highest BCUT2D eigenvalue weighted by atomic mass is 35.5. The number of hydrogen-bond donors (Lipinski definition) is 0. The van der Waals surface area contributed by atoms with Crippen molar-refractivity contribution < 1.29 is 22.7 Å². The van der Waals surface area contributed by atoms with Crippen molar-refractivity contribution in [1.82, 2.24) is 8.87 Å². The van der Waals surface area contributed by atoms with Crippen LogP contribution >= 0.6 is 22.9 Å². The van der Waals surface area contributed by atoms with Gasteiger partial charge < -0.3 is 14.0 Å². The van der Waals surface area contributed by atoms with Crippen molar-refractivity contribution in [2.24, 2.45) is 10.9 Å². The van der Waals surface area contributed by atoms with Gasteiger partial charge in [-0.25, -0.2) is 8.42 Å². The van der Waals surface area contributed by atoms with E-state index in [1.165, 1.54) is 34.9 Å². The molecule has 1 aromatic heterocycles. The zero-order valence-electron chi connectivity index (χ0n) is 18.9. The molecule has 1 unspecified atom stereocenters. The zero-order chi connectivity index (χ0) is 24.3. The minimum atomic E-state index is -3.72. The summed E-state index contributed by atoms with van der Waals surface area (Å²) in [5.41, 5.74) is 0.922. The molecule has 3 aromatic rings. The van der Waals surface area contributed by atoms with E-state index in [1.54, 1.807) is 25.3 Å². The van der Waals surface area contributed by atoms with E-state index >= 15 is 0 Å². The number of methoxy groups -OCH3 is 2. The first-order valence-corrected chi connectivity index (χ1v) is 13.5. The molecule has 1 aliphatic heterocycles. The monoisotopic (exact) mass is 523 g/mol. The van der Waals surface area contributed by atoms with Gasteiger partial charge in [-0.05, 0) is 55.3 Å². The predicted molar refractivity (Wildman–Crippen MR) is 132 cm³/mol. The largest absolute Gasteiger partial charge is 0.497 e. The number of ether oxygens (including phenoxy) is 2. The lowest BCUT2D eigenvalue weighted by atomic mass is 9.99. The Labute approximate surface area is 207 Å². The summed E-state index contributed by atoms with van der Waals surface area (Å²) in [6.45, 7) is 1.47. The number of amides is 1. The van der Waals surface area contributed by atoms with Gasteiger partial charge in [0.1, 0.15) is 5.75 Å². The van der Waals surface area contributed by atoms with E-state index in [0.717, 1.165) is 10.2 Å². The Morgan fingerprint density at radius 2 is 1.97 bits per heavy atom. The molecule has 11 heteroatoms. The summed E-state index contributed by atoms with van der Waals surface area (Å²) < 4.78 is 40.9. The van der Waals surface area contributed by atoms with Crippen LogP contribution < -0.4 is 9.54 Å². The van der Waals surface area contributed by atoms with Gasteiger partial charge in [-0.1, -0.05) is 22.9 Å². The third kappa shape index (κ3) is 5.21. The Hall–Kier alpha value is -2.24. The lowest BCUT2D eigenvalue weighted by Gasteiger charge is -2.30. The fourth-order valence-corrected chi connectivity index (χ4v) is 6.84. The number of fused-ring (bicyclic) bond motifs is 1. The van der Waals surface area contributed by atoms with Gasteiger partial charge in [0.25, 0.3) is 5.91 Å². The molecular weight excluding hydrogens is 498 g/mol. The van der Waals surface area contributed by atoms with Crippen molar-refractivity contribution in [3.8, 4) is 5.75 Å². The van der Waals surface area contributed by atoms with Gasteiger partial charge in [0, 0.05) is 31.8 Å². The molecule has 1 saturated heterocycles. The minimum Gasteiger partial charge on any atom is -0.497 e. The summed E-state index contributed by atoms with van der Waals surface area (Å²) in [5, 5.41) is 0.608. The van der Waals surface area contributed by atoms with Gasteiger partial charge in [-0.2, -0.15) is 9.30 Å². The molecule has 0 aliphatic carbocycles. The fourth-order valence-electron chi connectivity index (χ4n) is 3.98. The van der Waals surface area contributed by atoms with Gasteiger partial charge in [-0.15, -0.1) is 0 Å². The van der Waals surface area contributed by atoms with Crippen LogP contribution in [0.4, 0.5) is 0 Å². The van der Waals surface area contributed by atoms with Crippen molar-refractivity contribution in [2.75, 3.05) is 33.9 Å². The number of carbonyl (C=O) groups excluding carboxylic acids is 1.